The Balaban J connectivity index is 2.25. The summed E-state index contributed by atoms with van der Waals surface area (Å²) >= 11 is 3.49. The summed E-state index contributed by atoms with van der Waals surface area (Å²) in [5, 5.41) is 10.9. The fourth-order valence-electron chi connectivity index (χ4n) is 2.09. The second-order valence-electron chi connectivity index (χ2n) is 4.26. The number of carbonyl (C=O) groups is 1. The third-order valence-electron chi connectivity index (χ3n) is 2.98. The van der Waals surface area contributed by atoms with E-state index in [1.807, 2.05) is 0 Å². The molecule has 6 heteroatoms. The zero-order valence-electron chi connectivity index (χ0n) is 9.71. The maximum Gasteiger partial charge on any atom is 0.282 e. The van der Waals surface area contributed by atoms with E-state index in [9.17, 15) is 14.9 Å². The number of halogens is 1. The van der Waals surface area contributed by atoms with Crippen LogP contribution in [-0.2, 0) is 0 Å². The molecule has 18 heavy (non-hydrogen) atoms. The Morgan fingerprint density at radius 3 is 2.83 bits per heavy atom. The van der Waals surface area contributed by atoms with Crippen LogP contribution in [0.5, 0.6) is 0 Å². The topological polar surface area (TPSA) is 63.4 Å². The summed E-state index contributed by atoms with van der Waals surface area (Å²) in [6.45, 7) is 1.26. The predicted octanol–water partition coefficient (Wildman–Crippen LogP) is 2.59. The Morgan fingerprint density at radius 2 is 2.17 bits per heavy atom. The smallest absolute Gasteiger partial charge is 0.282 e. The van der Waals surface area contributed by atoms with Crippen molar-refractivity contribution >= 4 is 27.5 Å². The van der Waals surface area contributed by atoms with Crippen molar-refractivity contribution in [1.29, 1.82) is 0 Å². The summed E-state index contributed by atoms with van der Waals surface area (Å²) in [4.78, 5) is 24.6. The summed E-state index contributed by atoms with van der Waals surface area (Å²) in [5.41, 5.74) is 0.0447. The largest absolute Gasteiger partial charge is 0.337 e. The Hall–Kier alpha value is -1.43. The number of amides is 1. The van der Waals surface area contributed by atoms with E-state index in [0.29, 0.717) is 13.1 Å². The Morgan fingerprint density at radius 1 is 1.44 bits per heavy atom. The molecule has 1 atom stereocenters. The summed E-state index contributed by atoms with van der Waals surface area (Å²) in [6, 6.07) is 6.09. The first kappa shape index (κ1) is 13.0. The van der Waals surface area contributed by atoms with Crippen LogP contribution in [0.1, 0.15) is 23.2 Å². The van der Waals surface area contributed by atoms with Crippen molar-refractivity contribution in [2.45, 2.75) is 17.7 Å². The van der Waals surface area contributed by atoms with Crippen LogP contribution in [0.15, 0.2) is 24.3 Å². The van der Waals surface area contributed by atoms with Crippen LogP contribution in [0, 0.1) is 10.1 Å². The average Bonchev–Trinajstić information content (AvgIpc) is 2.38. The third kappa shape index (κ3) is 2.69. The Labute approximate surface area is 113 Å². The molecule has 0 N–H and O–H groups in total. The van der Waals surface area contributed by atoms with Crippen LogP contribution in [-0.4, -0.2) is 33.6 Å². The molecule has 0 radical (unpaired) electrons. The van der Waals surface area contributed by atoms with Gasteiger partial charge in [0.25, 0.3) is 11.6 Å². The maximum atomic E-state index is 12.3. The molecule has 1 saturated heterocycles. The highest BCUT2D eigenvalue weighted by Gasteiger charge is 2.27. The highest BCUT2D eigenvalue weighted by Crippen LogP contribution is 2.23. The van der Waals surface area contributed by atoms with Crippen molar-refractivity contribution in [1.82, 2.24) is 4.90 Å². The molecule has 0 aromatic heterocycles. The normalized spacial score (nSPS) is 19.6. The van der Waals surface area contributed by atoms with Gasteiger partial charge in [0.15, 0.2) is 0 Å². The van der Waals surface area contributed by atoms with Crippen molar-refractivity contribution in [2.24, 2.45) is 0 Å². The van der Waals surface area contributed by atoms with Crippen LogP contribution >= 0.6 is 15.9 Å². The lowest BCUT2D eigenvalue weighted by Crippen LogP contribution is -2.40. The number of piperidine rings is 1. The number of nitrogens with zero attached hydrogens (tertiary/aromatic N) is 2. The number of hydrogen-bond acceptors (Lipinski definition) is 3. The lowest BCUT2D eigenvalue weighted by molar-refractivity contribution is -0.385. The summed E-state index contributed by atoms with van der Waals surface area (Å²) < 4.78 is 0. The van der Waals surface area contributed by atoms with E-state index in [4.69, 9.17) is 0 Å². The lowest BCUT2D eigenvalue weighted by Gasteiger charge is -2.29. The molecule has 0 spiro atoms. The monoisotopic (exact) mass is 312 g/mol. The molecule has 96 valence electrons. The number of carbonyl (C=O) groups excluding carboxylic acids is 1. The number of alkyl halides is 1. The van der Waals surface area contributed by atoms with E-state index in [1.165, 1.54) is 12.1 Å². The molecule has 1 aromatic rings. The minimum absolute atomic E-state index is 0.126. The predicted molar refractivity (Wildman–Crippen MR) is 70.9 cm³/mol. The second kappa shape index (κ2) is 5.48. The first-order chi connectivity index (χ1) is 8.59. The molecular formula is C12H13BrN2O3. The highest BCUT2D eigenvalue weighted by atomic mass is 79.9. The summed E-state index contributed by atoms with van der Waals surface area (Å²) in [6.07, 6.45) is 1.95. The molecule has 5 nitrogen and oxygen atoms in total. The third-order valence-corrected chi connectivity index (χ3v) is 3.73. The van der Waals surface area contributed by atoms with Gasteiger partial charge in [-0.25, -0.2) is 0 Å². The first-order valence-corrected chi connectivity index (χ1v) is 6.68. The quantitative estimate of drug-likeness (QED) is 0.479. The number of para-hydroxylation sites is 1. The van der Waals surface area contributed by atoms with Crippen LogP contribution in [0.4, 0.5) is 5.69 Å². The molecule has 0 bridgehead atoms. The molecule has 1 heterocycles. The van der Waals surface area contributed by atoms with Gasteiger partial charge in [-0.3, -0.25) is 14.9 Å². The van der Waals surface area contributed by atoms with Crippen LogP contribution < -0.4 is 0 Å². The molecule has 1 fully saturated rings. The summed E-state index contributed by atoms with van der Waals surface area (Å²) in [5.74, 6) is -0.258. The van der Waals surface area contributed by atoms with Crippen molar-refractivity contribution < 1.29 is 9.72 Å². The molecule has 2 rings (SSSR count). The van der Waals surface area contributed by atoms with E-state index in [-0.39, 0.29) is 22.0 Å². The van der Waals surface area contributed by atoms with E-state index in [2.05, 4.69) is 15.9 Å². The van der Waals surface area contributed by atoms with Crippen molar-refractivity contribution in [2.75, 3.05) is 13.1 Å². The lowest BCUT2D eigenvalue weighted by atomic mass is 10.1. The maximum absolute atomic E-state index is 12.3. The van der Waals surface area contributed by atoms with Crippen molar-refractivity contribution in [3.05, 3.63) is 39.9 Å². The molecule has 1 amide bonds. The Kier molecular flexibility index (Phi) is 3.96. The molecular weight excluding hydrogens is 300 g/mol. The van der Waals surface area contributed by atoms with Gasteiger partial charge in [0.2, 0.25) is 0 Å². The fraction of sp³-hybridized carbons (Fsp3) is 0.417. The van der Waals surface area contributed by atoms with Gasteiger partial charge in [0.1, 0.15) is 5.56 Å². The van der Waals surface area contributed by atoms with E-state index < -0.39 is 4.92 Å². The number of nitro groups is 1. The standard InChI is InChI=1S/C12H13BrN2O3/c13-9-4-3-7-14(8-9)12(16)10-5-1-2-6-11(10)15(17)18/h1-2,5-6,9H,3-4,7-8H2. The van der Waals surface area contributed by atoms with Gasteiger partial charge in [-0.15, -0.1) is 0 Å². The molecule has 0 aliphatic carbocycles. The van der Waals surface area contributed by atoms with E-state index in [1.54, 1.807) is 17.0 Å². The van der Waals surface area contributed by atoms with Crippen molar-refractivity contribution in [3.63, 3.8) is 0 Å². The first-order valence-electron chi connectivity index (χ1n) is 5.76. The van der Waals surface area contributed by atoms with Gasteiger partial charge in [-0.1, -0.05) is 28.1 Å². The fourth-order valence-corrected chi connectivity index (χ4v) is 2.77. The molecule has 1 unspecified atom stereocenters. The van der Waals surface area contributed by atoms with E-state index in [0.717, 1.165) is 12.8 Å². The number of likely N-dealkylation sites (tertiary alicyclic amines) is 1. The zero-order chi connectivity index (χ0) is 13.1. The number of nitro benzene ring substituents is 1. The van der Waals surface area contributed by atoms with Crippen LogP contribution in [0.25, 0.3) is 0 Å². The zero-order valence-corrected chi connectivity index (χ0v) is 11.3. The van der Waals surface area contributed by atoms with Crippen LogP contribution in [0.2, 0.25) is 0 Å². The second-order valence-corrected chi connectivity index (χ2v) is 5.56. The molecule has 1 aliphatic rings. The number of hydrogen-bond donors (Lipinski definition) is 0. The van der Waals surface area contributed by atoms with Gasteiger partial charge in [0, 0.05) is 24.0 Å². The minimum Gasteiger partial charge on any atom is -0.337 e. The van der Waals surface area contributed by atoms with Crippen molar-refractivity contribution in [3.8, 4) is 0 Å². The Bertz CT molecular complexity index is 478. The van der Waals surface area contributed by atoms with Gasteiger partial charge < -0.3 is 4.90 Å². The van der Waals surface area contributed by atoms with Gasteiger partial charge >= 0.3 is 0 Å². The molecule has 1 aliphatic heterocycles. The number of benzene rings is 1. The van der Waals surface area contributed by atoms with Gasteiger partial charge in [-0.2, -0.15) is 0 Å². The van der Waals surface area contributed by atoms with Gasteiger partial charge in [-0.05, 0) is 18.9 Å². The molecule has 1 aromatic carbocycles. The SMILES string of the molecule is O=C(c1ccccc1[N+](=O)[O-])N1CCCC(Br)C1. The molecule has 0 saturated carbocycles. The minimum atomic E-state index is -0.511. The van der Waals surface area contributed by atoms with E-state index >= 15 is 0 Å². The average molecular weight is 313 g/mol. The summed E-state index contributed by atoms with van der Waals surface area (Å²) in [7, 11) is 0. The van der Waals surface area contributed by atoms with Crippen LogP contribution in [0.3, 0.4) is 0 Å². The number of rotatable bonds is 2. The van der Waals surface area contributed by atoms with Gasteiger partial charge in [0.05, 0.1) is 4.92 Å². The highest BCUT2D eigenvalue weighted by molar-refractivity contribution is 9.09.